The summed E-state index contributed by atoms with van der Waals surface area (Å²) in [6.07, 6.45) is 0. The zero-order chi connectivity index (χ0) is 12.1. The summed E-state index contributed by atoms with van der Waals surface area (Å²) >= 11 is -4.87. The maximum absolute atomic E-state index is 11.6. The molecule has 17 heavy (non-hydrogen) atoms. The molecule has 0 aliphatic heterocycles. The Labute approximate surface area is 101 Å². The third-order valence-corrected chi connectivity index (χ3v) is 3.55. The van der Waals surface area contributed by atoms with Crippen LogP contribution in [-0.2, 0) is 7.67 Å². The van der Waals surface area contributed by atoms with E-state index in [4.69, 9.17) is 7.64 Å². The van der Waals surface area contributed by atoms with Gasteiger partial charge in [0.25, 0.3) is 0 Å². The Morgan fingerprint density at radius 2 is 1.00 bits per heavy atom. The quantitative estimate of drug-likeness (QED) is 0.813. The second-order valence-electron chi connectivity index (χ2n) is 3.20. The summed E-state index contributed by atoms with van der Waals surface area (Å²) in [6.45, 7) is 0. The number of hydrogen-bond acceptors (Lipinski definition) is 4. The Balaban J connectivity index is 2.11. The van der Waals surface area contributed by atoms with Crippen LogP contribution in [0.4, 0.5) is 0 Å². The van der Waals surface area contributed by atoms with Crippen molar-refractivity contribution in [1.29, 1.82) is 0 Å². The molecule has 0 aliphatic rings. The van der Waals surface area contributed by atoms with Gasteiger partial charge in [-0.1, -0.05) is 0 Å². The summed E-state index contributed by atoms with van der Waals surface area (Å²) in [6, 6.07) is 16.5. The Kier molecular flexibility index (Phi) is 3.42. The third-order valence-electron chi connectivity index (χ3n) is 1.88. The van der Waals surface area contributed by atoms with E-state index in [0.29, 0.717) is 0 Å². The molecule has 0 radical (unpaired) electrons. The van der Waals surface area contributed by atoms with E-state index in [0.717, 1.165) is 0 Å². The molecule has 0 saturated heterocycles. The second-order valence-corrected chi connectivity index (χ2v) is 5.61. The molecule has 0 spiro atoms. The Hall–Kier alpha value is -1.84. The van der Waals surface area contributed by atoms with Crippen LogP contribution in [0.1, 0.15) is 0 Å². The fraction of sp³-hybridized carbons (Fsp3) is 0. The van der Waals surface area contributed by atoms with Crippen molar-refractivity contribution in [2.75, 3.05) is 0 Å². The molecule has 0 atom stereocenters. The first-order chi connectivity index (χ1) is 8.16. The van der Waals surface area contributed by atoms with Crippen LogP contribution in [-0.4, -0.2) is 13.4 Å². The number of hydrogen-bond donors (Lipinski definition) is 0. The molecule has 2 rings (SSSR count). The summed E-state index contributed by atoms with van der Waals surface area (Å²) < 4.78 is 32.9. The molecule has 0 saturated carbocycles. The predicted molar refractivity (Wildman–Crippen MR) is 61.3 cm³/mol. The predicted octanol–water partition coefficient (Wildman–Crippen LogP) is 2.44. The van der Waals surface area contributed by atoms with Crippen LogP contribution >= 0.6 is 0 Å². The summed E-state index contributed by atoms with van der Waals surface area (Å²) in [4.78, 5) is 0. The van der Waals surface area contributed by atoms with E-state index in [-0.39, 0.29) is 11.5 Å². The average Bonchev–Trinajstić information content (AvgIpc) is 2.30. The fourth-order valence-electron chi connectivity index (χ4n) is 1.20. The molecule has 0 aliphatic carbocycles. The normalized spacial score (nSPS) is 10.8. The zero-order valence-corrected chi connectivity index (χ0v) is 10.5. The Bertz CT molecular complexity index is 516. The van der Waals surface area contributed by atoms with Gasteiger partial charge < -0.3 is 0 Å². The molecule has 88 valence electrons. The van der Waals surface area contributed by atoms with Gasteiger partial charge in [-0.05, 0) is 0 Å². The molecule has 0 heterocycles. The van der Waals surface area contributed by atoms with Gasteiger partial charge in [0.15, 0.2) is 0 Å². The molecule has 2 aromatic carbocycles. The minimum atomic E-state index is -4.87. The van der Waals surface area contributed by atoms with E-state index in [2.05, 4.69) is 0 Å². The van der Waals surface area contributed by atoms with Crippen molar-refractivity contribution in [3.05, 3.63) is 60.7 Å². The molecule has 0 bridgehead atoms. The third kappa shape index (κ3) is 3.59. The summed E-state index contributed by atoms with van der Waals surface area (Å²) in [7, 11) is 0. The molecular weight excluding hydrogens is 287 g/mol. The Morgan fingerprint density at radius 1 is 0.647 bits per heavy atom. The van der Waals surface area contributed by atoms with Crippen LogP contribution in [0.25, 0.3) is 0 Å². The van der Waals surface area contributed by atoms with Crippen LogP contribution in [0, 0.1) is 0 Å². The van der Waals surface area contributed by atoms with E-state index in [9.17, 15) is 7.67 Å². The molecule has 2 aromatic rings. The van der Waals surface area contributed by atoms with Crippen molar-refractivity contribution >= 4 is 13.4 Å². The van der Waals surface area contributed by atoms with Gasteiger partial charge in [-0.15, -0.1) is 0 Å². The van der Waals surface area contributed by atoms with Gasteiger partial charge in [0.2, 0.25) is 0 Å². The standard InChI is InChI=1S/C12H10O4Se/c13-17(14,15-11-7-3-1-4-8-11)16-12-9-5-2-6-10-12/h1-10H. The topological polar surface area (TPSA) is 52.6 Å². The summed E-state index contributed by atoms with van der Waals surface area (Å²) in [5.41, 5.74) is 0. The van der Waals surface area contributed by atoms with Gasteiger partial charge >= 0.3 is 101 Å². The van der Waals surface area contributed by atoms with Crippen molar-refractivity contribution < 1.29 is 15.3 Å². The van der Waals surface area contributed by atoms with E-state index >= 15 is 0 Å². The van der Waals surface area contributed by atoms with Crippen molar-refractivity contribution in [3.8, 4) is 11.5 Å². The zero-order valence-electron chi connectivity index (χ0n) is 8.81. The molecule has 5 heteroatoms. The first kappa shape index (κ1) is 11.6. The van der Waals surface area contributed by atoms with Gasteiger partial charge in [0.1, 0.15) is 0 Å². The monoisotopic (exact) mass is 298 g/mol. The van der Waals surface area contributed by atoms with Crippen molar-refractivity contribution in [1.82, 2.24) is 0 Å². The molecule has 0 N–H and O–H groups in total. The van der Waals surface area contributed by atoms with Gasteiger partial charge in [-0.3, -0.25) is 0 Å². The average molecular weight is 297 g/mol. The summed E-state index contributed by atoms with van der Waals surface area (Å²) in [5.74, 6) is 0.488. The minimum absolute atomic E-state index is 0.244. The van der Waals surface area contributed by atoms with Gasteiger partial charge in [-0.25, -0.2) is 0 Å². The number of benzene rings is 2. The van der Waals surface area contributed by atoms with Gasteiger partial charge in [0.05, 0.1) is 0 Å². The number of para-hydroxylation sites is 2. The van der Waals surface area contributed by atoms with E-state index < -0.39 is 13.4 Å². The van der Waals surface area contributed by atoms with E-state index in [1.807, 2.05) is 0 Å². The first-order valence-corrected chi connectivity index (χ1v) is 7.69. The SMILES string of the molecule is O=[Se](=O)(Oc1ccccc1)Oc1ccccc1. The second kappa shape index (κ2) is 4.99. The van der Waals surface area contributed by atoms with Crippen LogP contribution in [0.2, 0.25) is 0 Å². The molecule has 4 nitrogen and oxygen atoms in total. The van der Waals surface area contributed by atoms with Crippen molar-refractivity contribution in [3.63, 3.8) is 0 Å². The Morgan fingerprint density at radius 3 is 1.35 bits per heavy atom. The van der Waals surface area contributed by atoms with Crippen molar-refractivity contribution in [2.45, 2.75) is 0 Å². The molecular formula is C12H10O4Se. The molecule has 0 amide bonds. The maximum atomic E-state index is 11.6. The molecule has 0 fully saturated rings. The fourth-order valence-corrected chi connectivity index (χ4v) is 2.73. The van der Waals surface area contributed by atoms with Crippen molar-refractivity contribution in [2.24, 2.45) is 0 Å². The van der Waals surface area contributed by atoms with Crippen LogP contribution < -0.4 is 7.64 Å². The van der Waals surface area contributed by atoms with E-state index in [1.54, 1.807) is 60.7 Å². The number of rotatable bonds is 4. The van der Waals surface area contributed by atoms with Crippen LogP contribution in [0.5, 0.6) is 11.5 Å². The van der Waals surface area contributed by atoms with Crippen LogP contribution in [0.15, 0.2) is 60.7 Å². The summed E-state index contributed by atoms with van der Waals surface area (Å²) in [5, 5.41) is 0. The van der Waals surface area contributed by atoms with Gasteiger partial charge in [0, 0.05) is 0 Å². The molecule has 0 aromatic heterocycles. The molecule has 0 unspecified atom stereocenters. The van der Waals surface area contributed by atoms with Crippen LogP contribution in [0.3, 0.4) is 0 Å². The van der Waals surface area contributed by atoms with E-state index in [1.165, 1.54) is 0 Å². The van der Waals surface area contributed by atoms with Gasteiger partial charge in [-0.2, -0.15) is 0 Å². The first-order valence-electron chi connectivity index (χ1n) is 4.90.